The van der Waals surface area contributed by atoms with Crippen LogP contribution in [-0.4, -0.2) is 25.2 Å². The molecule has 0 aliphatic rings. The van der Waals surface area contributed by atoms with Crippen molar-refractivity contribution in [1.82, 2.24) is 19.3 Å². The second kappa shape index (κ2) is 9.19. The lowest BCUT2D eigenvalue weighted by atomic mass is 10.2. The highest BCUT2D eigenvalue weighted by atomic mass is 79.9. The molecule has 8 nitrogen and oxygen atoms in total. The summed E-state index contributed by atoms with van der Waals surface area (Å²) >= 11 is 3.39. The Kier molecular flexibility index (Phi) is 5.92. The van der Waals surface area contributed by atoms with Crippen molar-refractivity contribution in [2.24, 2.45) is 7.05 Å². The van der Waals surface area contributed by atoms with Crippen molar-refractivity contribution in [3.8, 4) is 17.2 Å². The van der Waals surface area contributed by atoms with Crippen LogP contribution in [0.15, 0.2) is 88.4 Å². The molecule has 3 aromatic heterocycles. The minimum atomic E-state index is -0.417. The summed E-state index contributed by atoms with van der Waals surface area (Å²) in [5.41, 5.74) is 2.30. The van der Waals surface area contributed by atoms with Crippen molar-refractivity contribution in [2.75, 3.05) is 5.32 Å². The van der Waals surface area contributed by atoms with E-state index in [1.807, 2.05) is 36.0 Å². The molecule has 1 N–H and O–H groups in total. The second-order valence-electron chi connectivity index (χ2n) is 7.96. The van der Waals surface area contributed by atoms with Gasteiger partial charge in [0.1, 0.15) is 17.1 Å². The highest BCUT2D eigenvalue weighted by molar-refractivity contribution is 9.10. The van der Waals surface area contributed by atoms with Crippen LogP contribution in [0.4, 0.5) is 5.69 Å². The third-order valence-electron chi connectivity index (χ3n) is 5.46. The number of nitrogens with zero attached hydrogens (tertiary/aromatic N) is 4. The quantitative estimate of drug-likeness (QED) is 0.336. The molecule has 0 saturated carbocycles. The maximum Gasteiger partial charge on any atom is 0.276 e. The molecule has 0 atom stereocenters. The van der Waals surface area contributed by atoms with Crippen LogP contribution in [0.2, 0.25) is 0 Å². The smallest absolute Gasteiger partial charge is 0.276 e. The number of anilines is 1. The number of hydrogen-bond acceptors (Lipinski definition) is 5. The monoisotopic (exact) mass is 529 g/mol. The molecule has 1 amide bonds. The van der Waals surface area contributed by atoms with Crippen LogP contribution in [0.3, 0.4) is 0 Å². The summed E-state index contributed by atoms with van der Waals surface area (Å²) in [6.07, 6.45) is 3.63. The number of fused-ring (bicyclic) bond motifs is 1. The molecule has 0 unspecified atom stereocenters. The van der Waals surface area contributed by atoms with Gasteiger partial charge in [-0.05, 0) is 67.1 Å². The molecule has 0 radical (unpaired) electrons. The molecule has 0 fully saturated rings. The number of ether oxygens (including phenoxy) is 1. The molecule has 2 aromatic carbocycles. The molecular formula is C26H20BrN5O3. The zero-order valence-electron chi connectivity index (χ0n) is 18.9. The second-order valence-corrected chi connectivity index (χ2v) is 8.88. The van der Waals surface area contributed by atoms with Crippen molar-refractivity contribution >= 4 is 38.6 Å². The van der Waals surface area contributed by atoms with Gasteiger partial charge in [0.05, 0.1) is 11.1 Å². The summed E-state index contributed by atoms with van der Waals surface area (Å²) in [6.45, 7) is 1.69. The Morgan fingerprint density at radius 1 is 1.06 bits per heavy atom. The number of halogens is 1. The Morgan fingerprint density at radius 2 is 1.86 bits per heavy atom. The number of aryl methyl sites for hydroxylation is 2. The van der Waals surface area contributed by atoms with E-state index in [0.717, 1.165) is 15.5 Å². The van der Waals surface area contributed by atoms with Crippen molar-refractivity contribution in [2.45, 2.75) is 6.92 Å². The lowest BCUT2D eigenvalue weighted by Crippen LogP contribution is -2.26. The zero-order valence-corrected chi connectivity index (χ0v) is 20.5. The van der Waals surface area contributed by atoms with Crippen molar-refractivity contribution < 1.29 is 9.53 Å². The third kappa shape index (κ3) is 4.58. The van der Waals surface area contributed by atoms with Gasteiger partial charge in [-0.15, -0.1) is 0 Å². The first-order valence-corrected chi connectivity index (χ1v) is 11.5. The van der Waals surface area contributed by atoms with Gasteiger partial charge in [0.2, 0.25) is 0 Å². The fourth-order valence-corrected chi connectivity index (χ4v) is 4.10. The number of carbonyl (C=O) groups excluding carboxylic acids is 1. The minimum Gasteiger partial charge on any atom is -0.457 e. The summed E-state index contributed by atoms with van der Waals surface area (Å²) in [5, 5.41) is 8.07. The lowest BCUT2D eigenvalue weighted by Gasteiger charge is -2.11. The molecule has 0 aliphatic carbocycles. The van der Waals surface area contributed by atoms with Crippen LogP contribution >= 0.6 is 15.9 Å². The SMILES string of the molecule is Cc1cc(=O)n(-c2cccc(Br)c2)nc1C(=O)Nc1ccc(Oc2ccnc3c2ccn3C)cc1. The number of rotatable bonds is 5. The molecule has 5 aromatic rings. The normalized spacial score (nSPS) is 10.9. The van der Waals surface area contributed by atoms with E-state index in [-0.39, 0.29) is 11.3 Å². The molecule has 174 valence electrons. The molecule has 5 rings (SSSR count). The van der Waals surface area contributed by atoms with Gasteiger partial charge in [-0.2, -0.15) is 9.78 Å². The van der Waals surface area contributed by atoms with Crippen molar-refractivity contribution in [3.05, 3.63) is 105 Å². The van der Waals surface area contributed by atoms with Gasteiger partial charge in [0, 0.05) is 35.7 Å². The number of benzene rings is 2. The van der Waals surface area contributed by atoms with Crippen molar-refractivity contribution in [3.63, 3.8) is 0 Å². The molecule has 9 heteroatoms. The standard InChI is InChI=1S/C26H20BrN5O3/c1-16-14-23(33)32(19-5-3-4-17(27)15-19)30-24(16)26(34)29-18-6-8-20(9-7-18)35-22-10-12-28-25-21(22)11-13-31(25)2/h3-15H,1-2H3,(H,29,34). The number of hydrogen-bond donors (Lipinski definition) is 1. The van der Waals surface area contributed by atoms with E-state index in [4.69, 9.17) is 4.74 Å². The van der Waals surface area contributed by atoms with Crippen LogP contribution in [0.25, 0.3) is 16.7 Å². The van der Waals surface area contributed by atoms with Gasteiger partial charge in [-0.3, -0.25) is 9.59 Å². The highest BCUT2D eigenvalue weighted by Gasteiger charge is 2.15. The van der Waals surface area contributed by atoms with Crippen LogP contribution in [0, 0.1) is 6.92 Å². The van der Waals surface area contributed by atoms with E-state index in [0.29, 0.717) is 28.4 Å². The van der Waals surface area contributed by atoms with Crippen LogP contribution < -0.4 is 15.6 Å². The maximum atomic E-state index is 13.0. The number of carbonyl (C=O) groups is 1. The summed E-state index contributed by atoms with van der Waals surface area (Å²) in [5.74, 6) is 0.902. The van der Waals surface area contributed by atoms with E-state index in [2.05, 4.69) is 31.3 Å². The fourth-order valence-electron chi connectivity index (χ4n) is 3.71. The maximum absolute atomic E-state index is 13.0. The Balaban J connectivity index is 1.36. The number of amides is 1. The molecular weight excluding hydrogens is 510 g/mol. The van der Waals surface area contributed by atoms with Gasteiger partial charge >= 0.3 is 0 Å². The van der Waals surface area contributed by atoms with E-state index in [1.54, 1.807) is 55.6 Å². The fraction of sp³-hybridized carbons (Fsp3) is 0.0769. The average Bonchev–Trinajstić information content (AvgIpc) is 3.22. The Labute approximate surface area is 208 Å². The van der Waals surface area contributed by atoms with E-state index < -0.39 is 5.91 Å². The highest BCUT2D eigenvalue weighted by Crippen LogP contribution is 2.29. The predicted octanol–water partition coefficient (Wildman–Crippen LogP) is 5.23. The van der Waals surface area contributed by atoms with Gasteiger partial charge in [0.25, 0.3) is 11.5 Å². The Bertz CT molecular complexity index is 1620. The Hall–Kier alpha value is -4.24. The molecule has 0 bridgehead atoms. The summed E-state index contributed by atoms with van der Waals surface area (Å²) in [6, 6.07) is 19.4. The van der Waals surface area contributed by atoms with Gasteiger partial charge in [-0.25, -0.2) is 4.98 Å². The summed E-state index contributed by atoms with van der Waals surface area (Å²) in [4.78, 5) is 29.8. The molecule has 0 spiro atoms. The zero-order chi connectivity index (χ0) is 24.5. The van der Waals surface area contributed by atoms with E-state index in [9.17, 15) is 9.59 Å². The predicted molar refractivity (Wildman–Crippen MR) is 137 cm³/mol. The van der Waals surface area contributed by atoms with Crippen LogP contribution in [0.5, 0.6) is 11.5 Å². The average molecular weight is 530 g/mol. The largest absolute Gasteiger partial charge is 0.457 e. The van der Waals surface area contributed by atoms with Gasteiger partial charge in [0.15, 0.2) is 5.69 Å². The molecule has 0 aliphatic heterocycles. The topological polar surface area (TPSA) is 91.0 Å². The van der Waals surface area contributed by atoms with Crippen LogP contribution in [0.1, 0.15) is 16.1 Å². The van der Waals surface area contributed by atoms with E-state index in [1.165, 1.54) is 10.7 Å². The van der Waals surface area contributed by atoms with E-state index >= 15 is 0 Å². The number of pyridine rings is 1. The summed E-state index contributed by atoms with van der Waals surface area (Å²) in [7, 11) is 1.93. The first kappa shape index (κ1) is 22.5. The number of aromatic nitrogens is 4. The third-order valence-corrected chi connectivity index (χ3v) is 5.95. The van der Waals surface area contributed by atoms with Gasteiger partial charge in [-0.1, -0.05) is 22.0 Å². The van der Waals surface area contributed by atoms with Crippen LogP contribution in [-0.2, 0) is 7.05 Å². The lowest BCUT2D eigenvalue weighted by molar-refractivity contribution is 0.102. The first-order valence-electron chi connectivity index (χ1n) is 10.8. The molecule has 0 saturated heterocycles. The number of nitrogens with one attached hydrogen (secondary N) is 1. The van der Waals surface area contributed by atoms with Crippen molar-refractivity contribution in [1.29, 1.82) is 0 Å². The Morgan fingerprint density at radius 3 is 2.63 bits per heavy atom. The summed E-state index contributed by atoms with van der Waals surface area (Å²) < 4.78 is 9.98. The van der Waals surface area contributed by atoms with Gasteiger partial charge < -0.3 is 14.6 Å². The molecule has 35 heavy (non-hydrogen) atoms. The molecule has 3 heterocycles. The first-order chi connectivity index (χ1) is 16.9. The minimum absolute atomic E-state index is 0.160.